The average molecular weight is 348 g/mol. The van der Waals surface area contributed by atoms with Gasteiger partial charge in [0.15, 0.2) is 0 Å². The van der Waals surface area contributed by atoms with Crippen molar-refractivity contribution in [2.24, 2.45) is 5.92 Å². The Morgan fingerprint density at radius 1 is 1.32 bits per heavy atom. The molecule has 7 nitrogen and oxygen atoms in total. The van der Waals surface area contributed by atoms with Crippen molar-refractivity contribution in [3.8, 4) is 5.75 Å². The molecular weight excluding hydrogens is 324 g/mol. The zero-order chi connectivity index (χ0) is 17.8. The standard InChI is InChI=1S/C18H24N2O5/c1-12-11-25-16-9-14(18(22)19-23)2-3-15(16)10-20(12)17(21)8-13-4-6-24-7-5-13/h2-3,9,12-13,23H,4-8,10-11H2,1H3,(H,19,22)/t12-/m0/s1. The maximum atomic E-state index is 12.8. The van der Waals surface area contributed by atoms with E-state index < -0.39 is 5.91 Å². The highest BCUT2D eigenvalue weighted by molar-refractivity contribution is 5.93. The highest BCUT2D eigenvalue weighted by Crippen LogP contribution is 2.28. The van der Waals surface area contributed by atoms with Crippen molar-refractivity contribution < 1.29 is 24.3 Å². The number of ether oxygens (including phenoxy) is 2. The minimum Gasteiger partial charge on any atom is -0.491 e. The molecule has 0 unspecified atom stereocenters. The highest BCUT2D eigenvalue weighted by atomic mass is 16.5. The first kappa shape index (κ1) is 17.7. The van der Waals surface area contributed by atoms with Crippen molar-refractivity contribution in [3.05, 3.63) is 29.3 Å². The summed E-state index contributed by atoms with van der Waals surface area (Å²) in [4.78, 5) is 26.2. The Morgan fingerprint density at radius 3 is 2.80 bits per heavy atom. The van der Waals surface area contributed by atoms with Gasteiger partial charge in [0, 0.05) is 37.3 Å². The number of hydrogen-bond donors (Lipinski definition) is 2. The molecule has 7 heteroatoms. The van der Waals surface area contributed by atoms with Crippen LogP contribution in [-0.4, -0.2) is 47.8 Å². The second-order valence-electron chi connectivity index (χ2n) is 6.70. The Balaban J connectivity index is 1.73. The van der Waals surface area contributed by atoms with Gasteiger partial charge in [-0.25, -0.2) is 5.48 Å². The molecule has 2 aliphatic rings. The van der Waals surface area contributed by atoms with Gasteiger partial charge in [-0.15, -0.1) is 0 Å². The first-order chi connectivity index (χ1) is 12.1. The molecule has 136 valence electrons. The Labute approximate surface area is 146 Å². The smallest absolute Gasteiger partial charge is 0.274 e. The number of hydrogen-bond acceptors (Lipinski definition) is 5. The number of fused-ring (bicyclic) bond motifs is 1. The van der Waals surface area contributed by atoms with Gasteiger partial charge in [0.25, 0.3) is 5.91 Å². The van der Waals surface area contributed by atoms with E-state index in [1.807, 2.05) is 11.8 Å². The molecule has 1 aromatic carbocycles. The fourth-order valence-electron chi connectivity index (χ4n) is 3.31. The lowest BCUT2D eigenvalue weighted by Crippen LogP contribution is -2.41. The molecule has 0 saturated carbocycles. The van der Waals surface area contributed by atoms with Gasteiger partial charge in [-0.1, -0.05) is 6.07 Å². The first-order valence-electron chi connectivity index (χ1n) is 8.66. The van der Waals surface area contributed by atoms with Crippen LogP contribution in [0.4, 0.5) is 0 Å². The predicted octanol–water partition coefficient (Wildman–Crippen LogP) is 1.73. The molecule has 1 atom stereocenters. The molecule has 0 bridgehead atoms. The minimum atomic E-state index is -0.587. The number of nitrogens with one attached hydrogen (secondary N) is 1. The van der Waals surface area contributed by atoms with E-state index in [1.165, 1.54) is 0 Å². The van der Waals surface area contributed by atoms with E-state index in [2.05, 4.69) is 0 Å². The van der Waals surface area contributed by atoms with Crippen LogP contribution in [0.3, 0.4) is 0 Å². The SMILES string of the molecule is C[C@H]1COc2cc(C(=O)NO)ccc2CN1C(=O)CC1CCOCC1. The van der Waals surface area contributed by atoms with Crippen LogP contribution in [-0.2, 0) is 16.1 Å². The second kappa shape index (κ2) is 7.84. The van der Waals surface area contributed by atoms with Crippen LogP contribution in [0.25, 0.3) is 0 Å². The molecule has 2 aliphatic heterocycles. The zero-order valence-electron chi connectivity index (χ0n) is 14.4. The van der Waals surface area contributed by atoms with Gasteiger partial charge < -0.3 is 14.4 Å². The van der Waals surface area contributed by atoms with Gasteiger partial charge in [0.2, 0.25) is 5.91 Å². The summed E-state index contributed by atoms with van der Waals surface area (Å²) >= 11 is 0. The first-order valence-corrected chi connectivity index (χ1v) is 8.66. The van der Waals surface area contributed by atoms with E-state index in [1.54, 1.807) is 23.7 Å². The van der Waals surface area contributed by atoms with E-state index in [0.717, 1.165) is 31.6 Å². The summed E-state index contributed by atoms with van der Waals surface area (Å²) in [5.41, 5.74) is 2.79. The Hall–Kier alpha value is -2.12. The van der Waals surface area contributed by atoms with E-state index in [9.17, 15) is 9.59 Å². The Morgan fingerprint density at radius 2 is 2.08 bits per heavy atom. The lowest BCUT2D eigenvalue weighted by molar-refractivity contribution is -0.135. The molecule has 25 heavy (non-hydrogen) atoms. The summed E-state index contributed by atoms with van der Waals surface area (Å²) in [7, 11) is 0. The van der Waals surface area contributed by atoms with E-state index in [4.69, 9.17) is 14.7 Å². The summed E-state index contributed by atoms with van der Waals surface area (Å²) in [6.45, 7) is 4.26. The molecule has 1 aromatic rings. The molecule has 0 aliphatic carbocycles. The molecule has 0 spiro atoms. The molecule has 2 heterocycles. The number of nitrogens with zero attached hydrogens (tertiary/aromatic N) is 1. The normalized spacial score (nSPS) is 21.0. The zero-order valence-corrected chi connectivity index (χ0v) is 14.4. The van der Waals surface area contributed by atoms with Gasteiger partial charge in [0.05, 0.1) is 6.04 Å². The molecule has 3 rings (SSSR count). The van der Waals surface area contributed by atoms with Gasteiger partial charge in [-0.2, -0.15) is 0 Å². The van der Waals surface area contributed by atoms with Crippen molar-refractivity contribution in [3.63, 3.8) is 0 Å². The van der Waals surface area contributed by atoms with Crippen LogP contribution < -0.4 is 10.2 Å². The van der Waals surface area contributed by atoms with Crippen molar-refractivity contribution in [2.45, 2.75) is 38.8 Å². The molecule has 2 amide bonds. The third-order valence-corrected chi connectivity index (χ3v) is 4.91. The van der Waals surface area contributed by atoms with E-state index in [-0.39, 0.29) is 11.9 Å². The summed E-state index contributed by atoms with van der Waals surface area (Å²) in [6.07, 6.45) is 2.40. The number of carbonyl (C=O) groups excluding carboxylic acids is 2. The quantitative estimate of drug-likeness (QED) is 0.642. The van der Waals surface area contributed by atoms with Crippen LogP contribution in [0.5, 0.6) is 5.75 Å². The van der Waals surface area contributed by atoms with Gasteiger partial charge >= 0.3 is 0 Å². The topological polar surface area (TPSA) is 88.1 Å². The number of rotatable bonds is 3. The summed E-state index contributed by atoms with van der Waals surface area (Å²) in [6, 6.07) is 4.94. The minimum absolute atomic E-state index is 0.0464. The summed E-state index contributed by atoms with van der Waals surface area (Å²) < 4.78 is 11.1. The maximum absolute atomic E-state index is 12.8. The Bertz CT molecular complexity index is 642. The van der Waals surface area contributed by atoms with Gasteiger partial charge in [-0.05, 0) is 37.8 Å². The van der Waals surface area contributed by atoms with Crippen molar-refractivity contribution >= 4 is 11.8 Å². The van der Waals surface area contributed by atoms with Crippen molar-refractivity contribution in [2.75, 3.05) is 19.8 Å². The molecule has 1 fully saturated rings. The van der Waals surface area contributed by atoms with Crippen molar-refractivity contribution in [1.29, 1.82) is 0 Å². The number of carbonyl (C=O) groups is 2. The fourth-order valence-corrected chi connectivity index (χ4v) is 3.31. The van der Waals surface area contributed by atoms with Gasteiger partial charge in [0.1, 0.15) is 12.4 Å². The predicted molar refractivity (Wildman–Crippen MR) is 89.4 cm³/mol. The van der Waals surface area contributed by atoms with Crippen LogP contribution in [0, 0.1) is 5.92 Å². The molecule has 0 radical (unpaired) electrons. The monoisotopic (exact) mass is 348 g/mol. The highest BCUT2D eigenvalue weighted by Gasteiger charge is 2.28. The molecular formula is C18H24N2O5. The lowest BCUT2D eigenvalue weighted by atomic mass is 9.95. The van der Waals surface area contributed by atoms with Crippen LogP contribution >= 0.6 is 0 Å². The molecule has 1 saturated heterocycles. The largest absolute Gasteiger partial charge is 0.491 e. The number of amides is 2. The van der Waals surface area contributed by atoms with Crippen LogP contribution in [0.2, 0.25) is 0 Å². The van der Waals surface area contributed by atoms with E-state index >= 15 is 0 Å². The van der Waals surface area contributed by atoms with Crippen LogP contribution in [0.15, 0.2) is 18.2 Å². The fraction of sp³-hybridized carbons (Fsp3) is 0.556. The third kappa shape index (κ3) is 4.11. The second-order valence-corrected chi connectivity index (χ2v) is 6.70. The summed E-state index contributed by atoms with van der Waals surface area (Å²) in [5.74, 6) is 0.506. The molecule has 2 N–H and O–H groups in total. The van der Waals surface area contributed by atoms with E-state index in [0.29, 0.717) is 36.8 Å². The van der Waals surface area contributed by atoms with Crippen molar-refractivity contribution in [1.82, 2.24) is 10.4 Å². The maximum Gasteiger partial charge on any atom is 0.274 e. The Kier molecular flexibility index (Phi) is 5.55. The average Bonchev–Trinajstić information content (AvgIpc) is 2.80. The number of hydroxylamine groups is 1. The lowest BCUT2D eigenvalue weighted by Gasteiger charge is -2.29. The molecule has 0 aromatic heterocycles. The van der Waals surface area contributed by atoms with Gasteiger partial charge in [-0.3, -0.25) is 14.8 Å². The summed E-state index contributed by atoms with van der Waals surface area (Å²) in [5, 5.41) is 8.76. The number of benzene rings is 1. The van der Waals surface area contributed by atoms with Crippen LogP contribution in [0.1, 0.15) is 42.1 Å². The third-order valence-electron chi connectivity index (χ3n) is 4.91.